The van der Waals surface area contributed by atoms with Crippen LogP contribution in [0.25, 0.3) is 0 Å². The predicted molar refractivity (Wildman–Crippen MR) is 89.7 cm³/mol. The number of ether oxygens (including phenoxy) is 1. The molecule has 1 aromatic carbocycles. The molecule has 1 aliphatic carbocycles. The van der Waals surface area contributed by atoms with E-state index in [0.29, 0.717) is 6.54 Å². The first-order valence-corrected chi connectivity index (χ1v) is 8.82. The van der Waals surface area contributed by atoms with Crippen molar-refractivity contribution in [3.63, 3.8) is 0 Å². The van der Waals surface area contributed by atoms with Gasteiger partial charge in [-0.2, -0.15) is 0 Å². The Morgan fingerprint density at radius 1 is 1.08 bits per heavy atom. The van der Waals surface area contributed by atoms with Gasteiger partial charge in [-0.15, -0.1) is 0 Å². The largest absolute Gasteiger partial charge is 0.481 e. The highest BCUT2D eigenvalue weighted by molar-refractivity contribution is 5.80. The summed E-state index contributed by atoms with van der Waals surface area (Å²) in [5.41, 5.74) is 0.980. The van der Waals surface area contributed by atoms with E-state index < -0.39 is 11.9 Å². The van der Waals surface area contributed by atoms with Crippen LogP contribution in [0.5, 0.6) is 0 Å². The van der Waals surface area contributed by atoms with Gasteiger partial charge in [-0.05, 0) is 18.4 Å². The van der Waals surface area contributed by atoms with Gasteiger partial charge in [0.1, 0.15) is 6.61 Å². The van der Waals surface area contributed by atoms with E-state index in [0.717, 1.165) is 18.4 Å². The number of carboxylic acid groups (broad SMARTS) is 1. The number of hydrogen-bond donors (Lipinski definition) is 1. The van der Waals surface area contributed by atoms with E-state index in [2.05, 4.69) is 0 Å². The molecular weight excluding hydrogens is 306 g/mol. The molecule has 0 radical (unpaired) electrons. The Labute approximate surface area is 142 Å². The maximum Gasteiger partial charge on any atom is 0.308 e. The molecule has 1 saturated carbocycles. The Morgan fingerprint density at radius 2 is 1.79 bits per heavy atom. The van der Waals surface area contributed by atoms with Gasteiger partial charge < -0.3 is 14.7 Å². The van der Waals surface area contributed by atoms with Crippen molar-refractivity contribution in [3.8, 4) is 0 Å². The number of likely N-dealkylation sites (tertiary alicyclic amines) is 1. The molecule has 0 unspecified atom stereocenters. The Hall–Kier alpha value is -1.88. The van der Waals surface area contributed by atoms with Crippen molar-refractivity contribution in [2.75, 3.05) is 19.7 Å². The van der Waals surface area contributed by atoms with Gasteiger partial charge in [0.05, 0.1) is 12.0 Å². The van der Waals surface area contributed by atoms with Crippen LogP contribution in [0.4, 0.5) is 0 Å². The van der Waals surface area contributed by atoms with Crippen molar-refractivity contribution in [2.45, 2.75) is 44.1 Å². The Morgan fingerprint density at radius 3 is 2.46 bits per heavy atom. The molecule has 24 heavy (non-hydrogen) atoms. The lowest BCUT2D eigenvalue weighted by Crippen LogP contribution is -2.34. The van der Waals surface area contributed by atoms with Crippen LogP contribution in [-0.4, -0.2) is 47.7 Å². The average molecular weight is 331 g/mol. The zero-order valence-corrected chi connectivity index (χ0v) is 13.9. The summed E-state index contributed by atoms with van der Waals surface area (Å²) in [4.78, 5) is 25.7. The van der Waals surface area contributed by atoms with Gasteiger partial charge in [-0.25, -0.2) is 0 Å². The maximum atomic E-state index is 12.4. The molecule has 2 atom stereocenters. The molecule has 1 saturated heterocycles. The molecule has 2 fully saturated rings. The lowest BCUT2D eigenvalue weighted by molar-refractivity contribution is -0.142. The van der Waals surface area contributed by atoms with Crippen LogP contribution in [0.3, 0.4) is 0 Å². The molecule has 1 heterocycles. The third kappa shape index (κ3) is 3.96. The van der Waals surface area contributed by atoms with Gasteiger partial charge in [-0.3, -0.25) is 9.59 Å². The van der Waals surface area contributed by atoms with Gasteiger partial charge in [0.15, 0.2) is 0 Å². The smallest absolute Gasteiger partial charge is 0.308 e. The quantitative estimate of drug-likeness (QED) is 0.901. The van der Waals surface area contributed by atoms with Crippen molar-refractivity contribution >= 4 is 11.9 Å². The van der Waals surface area contributed by atoms with Crippen LogP contribution in [0.15, 0.2) is 30.3 Å². The highest BCUT2D eigenvalue weighted by Crippen LogP contribution is 2.33. The lowest BCUT2D eigenvalue weighted by Gasteiger charge is -2.23. The molecule has 130 valence electrons. The molecule has 0 bridgehead atoms. The number of carbonyl (C=O) groups is 2. The van der Waals surface area contributed by atoms with E-state index in [4.69, 9.17) is 4.74 Å². The molecular formula is C19H25NO4. The van der Waals surface area contributed by atoms with E-state index in [1.807, 2.05) is 30.3 Å². The lowest BCUT2D eigenvalue weighted by atomic mass is 9.89. The number of rotatable bonds is 5. The van der Waals surface area contributed by atoms with Crippen molar-refractivity contribution in [1.82, 2.24) is 4.90 Å². The molecule has 1 aromatic rings. The van der Waals surface area contributed by atoms with Crippen LogP contribution in [-0.2, 0) is 14.3 Å². The summed E-state index contributed by atoms with van der Waals surface area (Å²) in [6.45, 7) is 0.786. The molecule has 0 aromatic heterocycles. The summed E-state index contributed by atoms with van der Waals surface area (Å²) < 4.78 is 5.76. The second-order valence-corrected chi connectivity index (χ2v) is 6.83. The SMILES string of the molecule is O=C(O)[C@@H]1CN(C(=O)COC2CCCCC2)C[C@H]1c1ccccc1. The zero-order valence-electron chi connectivity index (χ0n) is 13.9. The minimum absolute atomic E-state index is 0.0680. The third-order valence-electron chi connectivity index (χ3n) is 5.21. The minimum Gasteiger partial charge on any atom is -0.481 e. The second-order valence-electron chi connectivity index (χ2n) is 6.83. The number of aliphatic carboxylic acids is 1. The van der Waals surface area contributed by atoms with Crippen molar-refractivity contribution < 1.29 is 19.4 Å². The number of hydrogen-bond acceptors (Lipinski definition) is 3. The van der Waals surface area contributed by atoms with E-state index in [1.54, 1.807) is 4.90 Å². The normalized spacial score (nSPS) is 24.9. The molecule has 5 heteroatoms. The first kappa shape index (κ1) is 17.0. The minimum atomic E-state index is -0.840. The van der Waals surface area contributed by atoms with E-state index in [1.165, 1.54) is 19.3 Å². The predicted octanol–water partition coefficient (Wildman–Crippen LogP) is 2.66. The molecule has 1 aliphatic heterocycles. The molecule has 1 N–H and O–H groups in total. The summed E-state index contributed by atoms with van der Waals surface area (Å²) in [5.74, 6) is -1.63. The zero-order chi connectivity index (χ0) is 16.9. The Bertz CT molecular complexity index is 568. The number of carbonyl (C=O) groups excluding carboxylic acids is 1. The fourth-order valence-electron chi connectivity index (χ4n) is 3.81. The summed E-state index contributed by atoms with van der Waals surface area (Å²) in [7, 11) is 0. The molecule has 0 spiro atoms. The van der Waals surface area contributed by atoms with E-state index in [-0.39, 0.29) is 31.1 Å². The van der Waals surface area contributed by atoms with Gasteiger partial charge in [0.25, 0.3) is 0 Å². The van der Waals surface area contributed by atoms with Crippen LogP contribution >= 0.6 is 0 Å². The van der Waals surface area contributed by atoms with Crippen molar-refractivity contribution in [3.05, 3.63) is 35.9 Å². The van der Waals surface area contributed by atoms with Gasteiger partial charge in [0.2, 0.25) is 5.91 Å². The monoisotopic (exact) mass is 331 g/mol. The maximum absolute atomic E-state index is 12.4. The van der Waals surface area contributed by atoms with E-state index in [9.17, 15) is 14.7 Å². The number of amides is 1. The van der Waals surface area contributed by atoms with Crippen LogP contribution in [0.2, 0.25) is 0 Å². The fraction of sp³-hybridized carbons (Fsp3) is 0.579. The molecule has 3 rings (SSSR count). The van der Waals surface area contributed by atoms with Crippen LogP contribution < -0.4 is 0 Å². The van der Waals surface area contributed by atoms with Gasteiger partial charge in [0, 0.05) is 19.0 Å². The summed E-state index contributed by atoms with van der Waals surface area (Å²) in [5, 5.41) is 9.51. The van der Waals surface area contributed by atoms with Crippen LogP contribution in [0.1, 0.15) is 43.6 Å². The number of nitrogens with zero attached hydrogens (tertiary/aromatic N) is 1. The Balaban J connectivity index is 1.60. The summed E-state index contributed by atoms with van der Waals surface area (Å²) >= 11 is 0. The van der Waals surface area contributed by atoms with Gasteiger partial charge in [-0.1, -0.05) is 49.6 Å². The Kier molecular flexibility index (Phi) is 5.51. The summed E-state index contributed by atoms with van der Waals surface area (Å²) in [6.07, 6.45) is 5.82. The highest BCUT2D eigenvalue weighted by Gasteiger charge is 2.40. The van der Waals surface area contributed by atoms with Crippen molar-refractivity contribution in [1.29, 1.82) is 0 Å². The van der Waals surface area contributed by atoms with Crippen LogP contribution in [0, 0.1) is 5.92 Å². The number of carboxylic acids is 1. The summed E-state index contributed by atoms with van der Waals surface area (Å²) in [6, 6.07) is 9.60. The standard InChI is InChI=1S/C19H25NO4/c21-18(13-24-15-9-5-2-6-10-15)20-11-16(17(12-20)19(22)23)14-7-3-1-4-8-14/h1,3-4,7-8,15-17H,2,5-6,9-13H2,(H,22,23)/t16-,17+/m0/s1. The third-order valence-corrected chi connectivity index (χ3v) is 5.21. The average Bonchev–Trinajstić information content (AvgIpc) is 3.07. The molecule has 1 amide bonds. The second kappa shape index (κ2) is 7.79. The van der Waals surface area contributed by atoms with Crippen molar-refractivity contribution in [2.24, 2.45) is 5.92 Å². The van der Waals surface area contributed by atoms with E-state index >= 15 is 0 Å². The fourth-order valence-corrected chi connectivity index (χ4v) is 3.81. The first-order chi connectivity index (χ1) is 11.6. The highest BCUT2D eigenvalue weighted by atomic mass is 16.5. The molecule has 2 aliphatic rings. The number of benzene rings is 1. The molecule has 5 nitrogen and oxygen atoms in total. The first-order valence-electron chi connectivity index (χ1n) is 8.82. The van der Waals surface area contributed by atoms with Gasteiger partial charge >= 0.3 is 5.97 Å². The topological polar surface area (TPSA) is 66.8 Å².